The Bertz CT molecular complexity index is 1160. The van der Waals surface area contributed by atoms with Crippen LogP contribution in [-0.4, -0.2) is 60.0 Å². The number of nitrogens with zero attached hydrogens (tertiary/aromatic N) is 4. The van der Waals surface area contributed by atoms with Crippen LogP contribution in [0.4, 0.5) is 0 Å². The van der Waals surface area contributed by atoms with Gasteiger partial charge >= 0.3 is 0 Å². The van der Waals surface area contributed by atoms with Gasteiger partial charge < -0.3 is 14.4 Å². The first-order valence-electron chi connectivity index (χ1n) is 9.60. The van der Waals surface area contributed by atoms with Crippen molar-refractivity contribution in [3.05, 3.63) is 64.2 Å². The number of hydrogen-bond donors (Lipinski definition) is 1. The summed E-state index contributed by atoms with van der Waals surface area (Å²) in [7, 11) is 4.82. The molecule has 0 fully saturated rings. The van der Waals surface area contributed by atoms with E-state index in [1.54, 1.807) is 55.6 Å². The molecule has 31 heavy (non-hydrogen) atoms. The second kappa shape index (κ2) is 9.73. The molecule has 1 N–H and O–H groups in total. The van der Waals surface area contributed by atoms with Gasteiger partial charge in [0.1, 0.15) is 5.75 Å². The van der Waals surface area contributed by atoms with Gasteiger partial charge in [-0.15, -0.1) is 0 Å². The number of carbonyl (C=O) groups excluding carboxylic acids is 1. The van der Waals surface area contributed by atoms with Gasteiger partial charge in [0.05, 0.1) is 29.9 Å². The highest BCUT2D eigenvalue weighted by molar-refractivity contribution is 5.93. The van der Waals surface area contributed by atoms with Crippen molar-refractivity contribution >= 4 is 5.91 Å². The number of nitriles is 1. The van der Waals surface area contributed by atoms with Crippen LogP contribution in [0.25, 0.3) is 16.9 Å². The number of carbonyl (C=O) groups is 1. The number of rotatable bonds is 8. The Morgan fingerprint density at radius 2 is 2.06 bits per heavy atom. The number of hydrogen-bond acceptors (Lipinski definition) is 6. The maximum Gasteiger partial charge on any atom is 0.280 e. The average Bonchev–Trinajstić information content (AvgIpc) is 3.19. The zero-order chi connectivity index (χ0) is 22.4. The SMILES string of the molecule is COCCCN(C)C(=O)c1ccc(-n2[nH]cc(-c3ccc(C#N)cc3OC)c2=O)nc1. The summed E-state index contributed by atoms with van der Waals surface area (Å²) in [5.74, 6) is 0.618. The Hall–Kier alpha value is -3.90. The Morgan fingerprint density at radius 1 is 1.26 bits per heavy atom. The van der Waals surface area contributed by atoms with Gasteiger partial charge in [0.15, 0.2) is 5.82 Å². The summed E-state index contributed by atoms with van der Waals surface area (Å²) in [5, 5.41) is 11.9. The number of benzene rings is 1. The normalized spacial score (nSPS) is 10.5. The number of aromatic nitrogens is 3. The lowest BCUT2D eigenvalue weighted by atomic mass is 10.1. The predicted octanol–water partition coefficient (Wildman–Crippen LogP) is 2.22. The van der Waals surface area contributed by atoms with Crippen LogP contribution in [0.2, 0.25) is 0 Å². The highest BCUT2D eigenvalue weighted by Gasteiger charge is 2.16. The first-order chi connectivity index (χ1) is 15.0. The van der Waals surface area contributed by atoms with Crippen molar-refractivity contribution in [3.63, 3.8) is 0 Å². The number of aromatic amines is 1. The predicted molar refractivity (Wildman–Crippen MR) is 114 cm³/mol. The summed E-state index contributed by atoms with van der Waals surface area (Å²) in [5.41, 5.74) is 1.47. The van der Waals surface area contributed by atoms with Crippen LogP contribution < -0.4 is 10.3 Å². The van der Waals surface area contributed by atoms with Crippen LogP contribution in [-0.2, 0) is 4.74 Å². The number of nitrogens with one attached hydrogen (secondary N) is 1. The first-order valence-corrected chi connectivity index (χ1v) is 9.60. The third kappa shape index (κ3) is 4.65. The van der Waals surface area contributed by atoms with E-state index >= 15 is 0 Å². The van der Waals surface area contributed by atoms with Crippen molar-refractivity contribution in [2.75, 3.05) is 34.4 Å². The van der Waals surface area contributed by atoms with Crippen molar-refractivity contribution in [1.29, 1.82) is 5.26 Å². The van der Waals surface area contributed by atoms with E-state index in [2.05, 4.69) is 10.1 Å². The first kappa shape index (κ1) is 21.8. The van der Waals surface area contributed by atoms with Gasteiger partial charge in [-0.2, -0.15) is 5.26 Å². The Kier molecular flexibility index (Phi) is 6.85. The minimum Gasteiger partial charge on any atom is -0.496 e. The molecule has 1 amide bonds. The lowest BCUT2D eigenvalue weighted by Gasteiger charge is -2.16. The van der Waals surface area contributed by atoms with Gasteiger partial charge in [-0.05, 0) is 36.8 Å². The number of pyridine rings is 1. The quantitative estimate of drug-likeness (QED) is 0.558. The summed E-state index contributed by atoms with van der Waals surface area (Å²) < 4.78 is 11.6. The summed E-state index contributed by atoms with van der Waals surface area (Å²) in [4.78, 5) is 31.3. The third-order valence-electron chi connectivity index (χ3n) is 4.80. The molecule has 0 aliphatic carbocycles. The maximum absolute atomic E-state index is 13.0. The third-order valence-corrected chi connectivity index (χ3v) is 4.80. The summed E-state index contributed by atoms with van der Waals surface area (Å²) >= 11 is 0. The van der Waals surface area contributed by atoms with E-state index in [-0.39, 0.29) is 11.5 Å². The minimum atomic E-state index is -0.328. The number of methoxy groups -OCH3 is 2. The Morgan fingerprint density at radius 3 is 2.71 bits per heavy atom. The van der Waals surface area contributed by atoms with Gasteiger partial charge in [0.25, 0.3) is 11.5 Å². The second-order valence-corrected chi connectivity index (χ2v) is 6.83. The molecule has 0 saturated heterocycles. The molecule has 0 atom stereocenters. The smallest absolute Gasteiger partial charge is 0.280 e. The van der Waals surface area contributed by atoms with Gasteiger partial charge in [-0.1, -0.05) is 0 Å². The second-order valence-electron chi connectivity index (χ2n) is 6.83. The lowest BCUT2D eigenvalue weighted by molar-refractivity contribution is 0.0779. The molecule has 9 nitrogen and oxygen atoms in total. The van der Waals surface area contributed by atoms with E-state index in [0.29, 0.717) is 47.0 Å². The number of amides is 1. The highest BCUT2D eigenvalue weighted by atomic mass is 16.5. The molecule has 160 valence electrons. The molecule has 0 aliphatic rings. The molecule has 9 heteroatoms. The number of ether oxygens (including phenoxy) is 2. The molecule has 3 rings (SSSR count). The van der Waals surface area contributed by atoms with E-state index in [1.807, 2.05) is 6.07 Å². The van der Waals surface area contributed by atoms with E-state index in [1.165, 1.54) is 18.0 Å². The number of H-pyrrole nitrogens is 1. The van der Waals surface area contributed by atoms with Gasteiger partial charge in [-0.3, -0.25) is 14.7 Å². The molecule has 2 heterocycles. The van der Waals surface area contributed by atoms with Crippen LogP contribution in [0, 0.1) is 11.3 Å². The molecule has 0 unspecified atom stereocenters. The molecule has 0 aliphatic heterocycles. The van der Waals surface area contributed by atoms with Crippen LogP contribution in [0.5, 0.6) is 5.75 Å². The lowest BCUT2D eigenvalue weighted by Crippen LogP contribution is -2.28. The molecule has 0 spiro atoms. The van der Waals surface area contributed by atoms with E-state index in [0.717, 1.165) is 6.42 Å². The Labute approximate surface area is 179 Å². The topological polar surface area (TPSA) is 113 Å². The van der Waals surface area contributed by atoms with Crippen LogP contribution in [0.3, 0.4) is 0 Å². The van der Waals surface area contributed by atoms with E-state index < -0.39 is 0 Å². The summed E-state index contributed by atoms with van der Waals surface area (Å²) in [6, 6.07) is 10.1. The molecule has 0 saturated carbocycles. The van der Waals surface area contributed by atoms with Gasteiger partial charge in [0.2, 0.25) is 0 Å². The zero-order valence-corrected chi connectivity index (χ0v) is 17.6. The zero-order valence-electron chi connectivity index (χ0n) is 17.6. The maximum atomic E-state index is 13.0. The van der Waals surface area contributed by atoms with Crippen molar-refractivity contribution in [1.82, 2.24) is 19.7 Å². The average molecular weight is 421 g/mol. The molecular weight excluding hydrogens is 398 g/mol. The molecule has 0 radical (unpaired) electrons. The highest BCUT2D eigenvalue weighted by Crippen LogP contribution is 2.28. The monoisotopic (exact) mass is 421 g/mol. The molecular formula is C22H23N5O4. The van der Waals surface area contributed by atoms with Crippen LogP contribution in [0.15, 0.2) is 47.5 Å². The molecule has 1 aromatic carbocycles. The van der Waals surface area contributed by atoms with Crippen LogP contribution in [0.1, 0.15) is 22.3 Å². The van der Waals surface area contributed by atoms with Crippen molar-refractivity contribution in [2.24, 2.45) is 0 Å². The standard InChI is InChI=1S/C22H23N5O4/c1-26(9-4-10-30-2)21(28)16-6-8-20(24-13-16)27-22(29)18(14-25-27)17-7-5-15(12-23)11-19(17)31-3/h5-8,11,13-14,25H,4,9-10H2,1-3H3. The van der Waals surface area contributed by atoms with Gasteiger partial charge in [-0.25, -0.2) is 9.67 Å². The fourth-order valence-corrected chi connectivity index (χ4v) is 3.13. The molecule has 2 aromatic heterocycles. The Balaban J connectivity index is 1.84. The summed E-state index contributed by atoms with van der Waals surface area (Å²) in [6.45, 7) is 1.15. The van der Waals surface area contributed by atoms with Crippen molar-refractivity contribution in [2.45, 2.75) is 6.42 Å². The molecule has 0 bridgehead atoms. The van der Waals surface area contributed by atoms with Crippen LogP contribution >= 0.6 is 0 Å². The largest absolute Gasteiger partial charge is 0.496 e. The molecule has 3 aromatic rings. The minimum absolute atomic E-state index is 0.156. The van der Waals surface area contributed by atoms with E-state index in [4.69, 9.17) is 14.7 Å². The fourth-order valence-electron chi connectivity index (χ4n) is 3.13. The fraction of sp³-hybridized carbons (Fsp3) is 0.273. The van der Waals surface area contributed by atoms with Crippen molar-refractivity contribution < 1.29 is 14.3 Å². The van der Waals surface area contributed by atoms with E-state index in [9.17, 15) is 9.59 Å². The van der Waals surface area contributed by atoms with Gasteiger partial charge in [0, 0.05) is 45.3 Å². The van der Waals surface area contributed by atoms with Crippen molar-refractivity contribution in [3.8, 4) is 28.8 Å². The summed E-state index contributed by atoms with van der Waals surface area (Å²) in [6.07, 6.45) is 3.74.